The van der Waals surface area contributed by atoms with Crippen LogP contribution in [0.5, 0.6) is 0 Å². The number of aryl methyl sites for hydroxylation is 1. The molecule has 0 radical (unpaired) electrons. The maximum atomic E-state index is 13.3. The number of carbonyl (C=O) groups excluding carboxylic acids is 1. The van der Waals surface area contributed by atoms with Crippen LogP contribution in [0, 0.1) is 0 Å². The van der Waals surface area contributed by atoms with Gasteiger partial charge in [0, 0.05) is 35.9 Å². The van der Waals surface area contributed by atoms with Gasteiger partial charge in [0.2, 0.25) is 15.8 Å². The molecule has 1 atom stereocenters. The Balaban J connectivity index is 1.48. The van der Waals surface area contributed by atoms with Crippen molar-refractivity contribution in [3.8, 4) is 16.9 Å². The molecule has 3 aromatic heterocycles. The molecule has 0 saturated carbocycles. The van der Waals surface area contributed by atoms with Crippen molar-refractivity contribution >= 4 is 27.5 Å². The zero-order valence-corrected chi connectivity index (χ0v) is 20.8. The van der Waals surface area contributed by atoms with Gasteiger partial charge in [-0.1, -0.05) is 11.6 Å². The number of amides is 1. The number of nitrogens with zero attached hydrogens (tertiary/aromatic N) is 6. The Morgan fingerprint density at radius 3 is 2.75 bits per heavy atom. The Kier molecular flexibility index (Phi) is 5.77. The van der Waals surface area contributed by atoms with Gasteiger partial charge in [0.05, 0.1) is 22.3 Å². The Morgan fingerprint density at radius 2 is 2.03 bits per heavy atom. The number of rotatable bonds is 4. The van der Waals surface area contributed by atoms with E-state index in [-0.39, 0.29) is 27.0 Å². The monoisotopic (exact) mass is 528 g/mol. The van der Waals surface area contributed by atoms with Gasteiger partial charge in [-0.3, -0.25) is 14.3 Å². The van der Waals surface area contributed by atoms with E-state index >= 15 is 0 Å². The molecule has 5 rings (SSSR count). The Bertz CT molecular complexity index is 1670. The number of aromatic nitrogens is 6. The number of halogens is 1. The first-order chi connectivity index (χ1) is 17.0. The molecule has 0 fully saturated rings. The molecule has 1 aromatic carbocycles. The van der Waals surface area contributed by atoms with Crippen molar-refractivity contribution in [1.82, 2.24) is 34.4 Å². The zero-order valence-electron chi connectivity index (χ0n) is 19.2. The second kappa shape index (κ2) is 8.69. The minimum atomic E-state index is -3.96. The molecule has 0 aliphatic carbocycles. The second-order valence-electron chi connectivity index (χ2n) is 8.38. The highest BCUT2D eigenvalue weighted by Gasteiger charge is 2.35. The van der Waals surface area contributed by atoms with Crippen LogP contribution in [-0.4, -0.2) is 55.3 Å². The van der Waals surface area contributed by atoms with Gasteiger partial charge in [0.25, 0.3) is 11.5 Å². The number of H-pyrrole nitrogens is 1. The molecule has 4 aromatic rings. The number of hydrogen-bond acceptors (Lipinski definition) is 7. The van der Waals surface area contributed by atoms with Crippen molar-refractivity contribution in [2.45, 2.75) is 24.3 Å². The lowest BCUT2D eigenvalue weighted by Crippen LogP contribution is -2.39. The quantitative estimate of drug-likeness (QED) is 0.404. The van der Waals surface area contributed by atoms with E-state index in [1.54, 1.807) is 34.8 Å². The third-order valence-corrected chi connectivity index (χ3v) is 7.21. The van der Waals surface area contributed by atoms with E-state index in [1.807, 2.05) is 6.92 Å². The summed E-state index contributed by atoms with van der Waals surface area (Å²) in [6.07, 6.45) is 3.28. The Labute approximate surface area is 210 Å². The number of hydrogen-bond donors (Lipinski definition) is 2. The molecule has 0 spiro atoms. The molecule has 1 amide bonds. The predicted octanol–water partition coefficient (Wildman–Crippen LogP) is 1.42. The molecule has 3 N–H and O–H groups in total. The van der Waals surface area contributed by atoms with Crippen LogP contribution in [0.15, 0.2) is 52.5 Å². The number of aromatic amines is 1. The average molecular weight is 529 g/mol. The third-order valence-electron chi connectivity index (χ3n) is 6.10. The molecule has 0 unspecified atom stereocenters. The number of benzene rings is 1. The molecular weight excluding hydrogens is 508 g/mol. The summed E-state index contributed by atoms with van der Waals surface area (Å²) in [4.78, 5) is 33.5. The molecular formula is C22H21ClN8O4S. The number of carbonyl (C=O) groups is 1. The molecule has 0 saturated heterocycles. The first-order valence-corrected chi connectivity index (χ1v) is 12.8. The van der Waals surface area contributed by atoms with Crippen LogP contribution in [0.25, 0.3) is 16.9 Å². The number of nitrogens with two attached hydrogens (primary N) is 1. The van der Waals surface area contributed by atoms with Crippen LogP contribution < -0.4 is 10.7 Å². The molecule has 14 heteroatoms. The van der Waals surface area contributed by atoms with Gasteiger partial charge < -0.3 is 9.88 Å². The standard InChI is InChI=1S/C22H21ClN8O4S/c1-12-18-16(19(29(2)27-18)13-8-14(23)10-15(9-13)36(24,34)35)5-7-30(12)22(33)20-26-11-31(28-20)17-4-3-6-25-21(17)32/h3-4,6,8-12H,5,7H2,1-2H3,(H,25,32)(H2,24,34,35)/t12-/m0/s1. The van der Waals surface area contributed by atoms with Crippen LogP contribution in [0.1, 0.15) is 34.8 Å². The summed E-state index contributed by atoms with van der Waals surface area (Å²) in [6.45, 7) is 2.20. The first kappa shape index (κ1) is 23.9. The minimum Gasteiger partial charge on any atom is -0.327 e. The summed E-state index contributed by atoms with van der Waals surface area (Å²) >= 11 is 6.19. The smallest absolute Gasteiger partial charge is 0.294 e. The summed E-state index contributed by atoms with van der Waals surface area (Å²) in [5.41, 5.74) is 2.69. The maximum Gasteiger partial charge on any atom is 0.294 e. The molecule has 36 heavy (non-hydrogen) atoms. The van der Waals surface area contributed by atoms with Gasteiger partial charge in [-0.05, 0) is 43.7 Å². The van der Waals surface area contributed by atoms with Gasteiger partial charge >= 0.3 is 0 Å². The van der Waals surface area contributed by atoms with Crippen molar-refractivity contribution in [2.75, 3.05) is 6.54 Å². The number of pyridine rings is 1. The van der Waals surface area contributed by atoms with Crippen molar-refractivity contribution in [3.63, 3.8) is 0 Å². The summed E-state index contributed by atoms with van der Waals surface area (Å²) in [7, 11) is -2.22. The predicted molar refractivity (Wildman–Crippen MR) is 130 cm³/mol. The van der Waals surface area contributed by atoms with E-state index in [0.29, 0.717) is 29.9 Å². The van der Waals surface area contributed by atoms with E-state index in [0.717, 1.165) is 5.56 Å². The molecule has 0 bridgehead atoms. The number of fused-ring (bicyclic) bond motifs is 1. The maximum absolute atomic E-state index is 13.3. The number of sulfonamides is 1. The molecule has 1 aliphatic heterocycles. The summed E-state index contributed by atoms with van der Waals surface area (Å²) < 4.78 is 26.7. The summed E-state index contributed by atoms with van der Waals surface area (Å²) in [5, 5.41) is 14.4. The van der Waals surface area contributed by atoms with Crippen molar-refractivity contribution in [2.24, 2.45) is 12.2 Å². The molecule has 12 nitrogen and oxygen atoms in total. The SMILES string of the molecule is C[C@H]1c2nn(C)c(-c3cc(Cl)cc(S(N)(=O)=O)c3)c2CCN1C(=O)c1ncn(-c2ccc[nH]c2=O)n1. The van der Waals surface area contributed by atoms with E-state index in [2.05, 4.69) is 20.2 Å². The lowest BCUT2D eigenvalue weighted by molar-refractivity contribution is 0.0661. The molecule has 4 heterocycles. The van der Waals surface area contributed by atoms with Gasteiger partial charge in [-0.25, -0.2) is 23.2 Å². The van der Waals surface area contributed by atoms with Gasteiger partial charge in [0.1, 0.15) is 12.0 Å². The zero-order chi connectivity index (χ0) is 25.8. The fourth-order valence-corrected chi connectivity index (χ4v) is 5.33. The lowest BCUT2D eigenvalue weighted by atomic mass is 9.95. The second-order valence-corrected chi connectivity index (χ2v) is 10.4. The van der Waals surface area contributed by atoms with Crippen LogP contribution in [0.2, 0.25) is 5.02 Å². The van der Waals surface area contributed by atoms with Crippen LogP contribution in [0.3, 0.4) is 0 Å². The van der Waals surface area contributed by atoms with Crippen LogP contribution in [-0.2, 0) is 23.5 Å². The third kappa shape index (κ3) is 4.10. The van der Waals surface area contributed by atoms with Crippen LogP contribution in [0.4, 0.5) is 0 Å². The number of nitrogens with one attached hydrogen (secondary N) is 1. The Hall–Kier alpha value is -3.81. The van der Waals surface area contributed by atoms with Crippen molar-refractivity contribution < 1.29 is 13.2 Å². The van der Waals surface area contributed by atoms with Gasteiger partial charge in [-0.15, -0.1) is 5.10 Å². The largest absolute Gasteiger partial charge is 0.327 e. The van der Waals surface area contributed by atoms with E-state index in [4.69, 9.17) is 16.7 Å². The van der Waals surface area contributed by atoms with E-state index < -0.39 is 22.0 Å². The fraction of sp³-hybridized carbons (Fsp3) is 0.227. The first-order valence-electron chi connectivity index (χ1n) is 10.8. The average Bonchev–Trinajstić information content (AvgIpc) is 3.43. The normalized spacial score (nSPS) is 15.7. The van der Waals surface area contributed by atoms with Crippen LogP contribution >= 0.6 is 11.6 Å². The van der Waals surface area contributed by atoms with Crippen molar-refractivity contribution in [3.05, 3.63) is 75.3 Å². The Morgan fingerprint density at radius 1 is 1.25 bits per heavy atom. The van der Waals surface area contributed by atoms with E-state index in [9.17, 15) is 18.0 Å². The lowest BCUT2D eigenvalue weighted by Gasteiger charge is -2.32. The molecule has 186 valence electrons. The van der Waals surface area contributed by atoms with E-state index in [1.165, 1.54) is 29.3 Å². The highest BCUT2D eigenvalue weighted by Crippen LogP contribution is 2.37. The minimum absolute atomic E-state index is 0.0441. The number of primary sulfonamides is 1. The van der Waals surface area contributed by atoms with Gasteiger partial charge in [-0.2, -0.15) is 5.10 Å². The van der Waals surface area contributed by atoms with Gasteiger partial charge in [0.15, 0.2) is 0 Å². The summed E-state index contributed by atoms with van der Waals surface area (Å²) in [6, 6.07) is 7.22. The highest BCUT2D eigenvalue weighted by atomic mass is 35.5. The summed E-state index contributed by atoms with van der Waals surface area (Å²) in [5.74, 6) is -0.442. The fourth-order valence-electron chi connectivity index (χ4n) is 4.45. The molecule has 1 aliphatic rings. The topological polar surface area (TPSA) is 162 Å². The van der Waals surface area contributed by atoms with Crippen molar-refractivity contribution in [1.29, 1.82) is 0 Å². The highest BCUT2D eigenvalue weighted by molar-refractivity contribution is 7.89.